The largest absolute Gasteiger partial charge is 0.507 e. The van der Waals surface area contributed by atoms with Gasteiger partial charge in [0.05, 0.1) is 5.69 Å². The van der Waals surface area contributed by atoms with Gasteiger partial charge in [0, 0.05) is 23.7 Å². The second-order valence-corrected chi connectivity index (χ2v) is 3.92. The molecule has 0 aliphatic carbocycles. The Bertz CT molecular complexity index is 688. The number of phenols is 1. The summed E-state index contributed by atoms with van der Waals surface area (Å²) in [5.74, 6) is 0.871. The quantitative estimate of drug-likeness (QED) is 0.691. The number of aromatic nitrogens is 3. The zero-order valence-electron chi connectivity index (χ0n) is 9.33. The van der Waals surface area contributed by atoms with Crippen molar-refractivity contribution >= 4 is 5.78 Å². The van der Waals surface area contributed by atoms with Crippen molar-refractivity contribution in [3.05, 3.63) is 48.4 Å². The van der Waals surface area contributed by atoms with E-state index in [1.807, 2.05) is 41.9 Å². The molecule has 84 valence electrons. The summed E-state index contributed by atoms with van der Waals surface area (Å²) in [6.07, 6.45) is 3.77. The highest BCUT2D eigenvalue weighted by atomic mass is 16.3. The predicted molar refractivity (Wildman–Crippen MR) is 64.8 cm³/mol. The van der Waals surface area contributed by atoms with E-state index in [4.69, 9.17) is 0 Å². The van der Waals surface area contributed by atoms with Crippen LogP contribution in [0.15, 0.2) is 42.7 Å². The van der Waals surface area contributed by atoms with Gasteiger partial charge in [-0.2, -0.15) is 0 Å². The fraction of sp³-hybridized carbons (Fsp3) is 0.0769. The van der Waals surface area contributed by atoms with Gasteiger partial charge in [-0.15, -0.1) is 0 Å². The number of aryl methyl sites for hydroxylation is 1. The predicted octanol–water partition coefficient (Wildman–Crippen LogP) is 2.41. The Morgan fingerprint density at radius 3 is 2.76 bits per heavy atom. The molecule has 0 fully saturated rings. The molecule has 0 amide bonds. The van der Waals surface area contributed by atoms with Crippen molar-refractivity contribution in [1.29, 1.82) is 0 Å². The van der Waals surface area contributed by atoms with E-state index in [2.05, 4.69) is 9.97 Å². The Balaban J connectivity index is 2.22. The number of phenolic OH excluding ortho intramolecular Hbond substituents is 1. The van der Waals surface area contributed by atoms with Crippen molar-refractivity contribution in [2.24, 2.45) is 0 Å². The van der Waals surface area contributed by atoms with E-state index in [-0.39, 0.29) is 5.75 Å². The number of hydrogen-bond acceptors (Lipinski definition) is 3. The number of aromatic hydroxyl groups is 1. The number of fused-ring (bicyclic) bond motifs is 1. The first kappa shape index (κ1) is 9.84. The van der Waals surface area contributed by atoms with Gasteiger partial charge in [-0.05, 0) is 25.1 Å². The number of benzene rings is 1. The molecule has 0 aliphatic heterocycles. The van der Waals surface area contributed by atoms with Crippen molar-refractivity contribution in [1.82, 2.24) is 14.4 Å². The van der Waals surface area contributed by atoms with Gasteiger partial charge in [0.15, 0.2) is 0 Å². The summed E-state index contributed by atoms with van der Waals surface area (Å²) < 4.78 is 1.84. The normalized spacial score (nSPS) is 10.9. The van der Waals surface area contributed by atoms with Crippen molar-refractivity contribution in [2.45, 2.75) is 6.92 Å². The summed E-state index contributed by atoms with van der Waals surface area (Å²) >= 11 is 0. The molecule has 0 bridgehead atoms. The SMILES string of the molecule is Cc1ccn2cc(-c3ccccc3O)nc2n1. The minimum Gasteiger partial charge on any atom is -0.507 e. The molecule has 0 saturated carbocycles. The second-order valence-electron chi connectivity index (χ2n) is 3.92. The zero-order chi connectivity index (χ0) is 11.8. The van der Waals surface area contributed by atoms with Crippen LogP contribution < -0.4 is 0 Å². The first-order valence-corrected chi connectivity index (χ1v) is 5.35. The molecule has 0 atom stereocenters. The lowest BCUT2D eigenvalue weighted by Crippen LogP contribution is -1.88. The van der Waals surface area contributed by atoms with Crippen LogP contribution in [0.5, 0.6) is 5.75 Å². The van der Waals surface area contributed by atoms with Crippen molar-refractivity contribution < 1.29 is 5.11 Å². The maximum atomic E-state index is 9.77. The summed E-state index contributed by atoms with van der Waals surface area (Å²) in [6, 6.07) is 9.07. The zero-order valence-corrected chi connectivity index (χ0v) is 9.33. The third-order valence-corrected chi connectivity index (χ3v) is 2.65. The molecule has 1 N–H and O–H groups in total. The Hall–Kier alpha value is -2.36. The van der Waals surface area contributed by atoms with Gasteiger partial charge < -0.3 is 5.11 Å². The average Bonchev–Trinajstić information content (AvgIpc) is 2.72. The van der Waals surface area contributed by atoms with E-state index in [0.717, 1.165) is 17.0 Å². The molecule has 0 radical (unpaired) electrons. The van der Waals surface area contributed by atoms with Crippen LogP contribution in [-0.2, 0) is 0 Å². The molecule has 17 heavy (non-hydrogen) atoms. The fourth-order valence-corrected chi connectivity index (χ4v) is 1.78. The molecule has 3 rings (SSSR count). The number of rotatable bonds is 1. The minimum absolute atomic E-state index is 0.229. The van der Waals surface area contributed by atoms with Crippen LogP contribution in [0.1, 0.15) is 5.69 Å². The highest BCUT2D eigenvalue weighted by molar-refractivity contribution is 5.67. The molecular weight excluding hydrogens is 214 g/mol. The lowest BCUT2D eigenvalue weighted by molar-refractivity contribution is 0.477. The lowest BCUT2D eigenvalue weighted by atomic mass is 10.1. The summed E-state index contributed by atoms with van der Waals surface area (Å²) in [5, 5.41) is 9.77. The average molecular weight is 225 g/mol. The fourth-order valence-electron chi connectivity index (χ4n) is 1.78. The van der Waals surface area contributed by atoms with Gasteiger partial charge in [0.1, 0.15) is 5.75 Å². The van der Waals surface area contributed by atoms with Gasteiger partial charge in [-0.25, -0.2) is 9.97 Å². The van der Waals surface area contributed by atoms with Crippen LogP contribution in [0.25, 0.3) is 17.0 Å². The standard InChI is InChI=1S/C13H11N3O/c1-9-6-7-16-8-11(15-13(16)14-9)10-4-2-3-5-12(10)17/h2-8,17H,1H3. The topological polar surface area (TPSA) is 50.4 Å². The number of para-hydroxylation sites is 1. The molecule has 0 aliphatic rings. The van der Waals surface area contributed by atoms with Crippen molar-refractivity contribution in [2.75, 3.05) is 0 Å². The second kappa shape index (κ2) is 3.59. The maximum absolute atomic E-state index is 9.77. The van der Waals surface area contributed by atoms with Gasteiger partial charge in [-0.3, -0.25) is 4.40 Å². The van der Waals surface area contributed by atoms with Crippen LogP contribution in [0.4, 0.5) is 0 Å². The van der Waals surface area contributed by atoms with E-state index in [0.29, 0.717) is 5.78 Å². The van der Waals surface area contributed by atoms with E-state index in [9.17, 15) is 5.11 Å². The summed E-state index contributed by atoms with van der Waals surface area (Å²) in [7, 11) is 0. The van der Waals surface area contributed by atoms with E-state index in [1.54, 1.807) is 12.1 Å². The third-order valence-electron chi connectivity index (χ3n) is 2.65. The molecular formula is C13H11N3O. The summed E-state index contributed by atoms with van der Waals surface area (Å²) in [4.78, 5) is 8.72. The van der Waals surface area contributed by atoms with Crippen molar-refractivity contribution in [3.8, 4) is 17.0 Å². The Labute approximate surface area is 98.2 Å². The van der Waals surface area contributed by atoms with Gasteiger partial charge in [-0.1, -0.05) is 12.1 Å². The highest BCUT2D eigenvalue weighted by Crippen LogP contribution is 2.27. The number of hydrogen-bond donors (Lipinski definition) is 1. The number of nitrogens with zero attached hydrogens (tertiary/aromatic N) is 3. The third kappa shape index (κ3) is 1.63. The summed E-state index contributed by atoms with van der Waals surface area (Å²) in [6.45, 7) is 1.92. The van der Waals surface area contributed by atoms with Crippen LogP contribution in [0.3, 0.4) is 0 Å². The molecule has 0 spiro atoms. The molecule has 4 heteroatoms. The van der Waals surface area contributed by atoms with Gasteiger partial charge in [0.25, 0.3) is 0 Å². The molecule has 2 heterocycles. The first-order valence-electron chi connectivity index (χ1n) is 5.35. The van der Waals surface area contributed by atoms with Crippen molar-refractivity contribution in [3.63, 3.8) is 0 Å². The van der Waals surface area contributed by atoms with Crippen LogP contribution >= 0.6 is 0 Å². The monoisotopic (exact) mass is 225 g/mol. The van der Waals surface area contributed by atoms with E-state index >= 15 is 0 Å². The van der Waals surface area contributed by atoms with Crippen LogP contribution in [-0.4, -0.2) is 19.5 Å². The minimum atomic E-state index is 0.229. The Morgan fingerprint density at radius 1 is 1.12 bits per heavy atom. The highest BCUT2D eigenvalue weighted by Gasteiger charge is 2.08. The Kier molecular flexibility index (Phi) is 2.08. The lowest BCUT2D eigenvalue weighted by Gasteiger charge is -1.98. The number of imidazole rings is 1. The first-order chi connectivity index (χ1) is 8.24. The summed E-state index contributed by atoms with van der Waals surface area (Å²) in [5.41, 5.74) is 2.36. The molecule has 4 nitrogen and oxygen atoms in total. The molecule has 0 saturated heterocycles. The van der Waals surface area contributed by atoms with E-state index in [1.165, 1.54) is 0 Å². The molecule has 2 aromatic heterocycles. The molecule has 3 aromatic rings. The smallest absolute Gasteiger partial charge is 0.234 e. The molecule has 1 aromatic carbocycles. The Morgan fingerprint density at radius 2 is 1.94 bits per heavy atom. The van der Waals surface area contributed by atoms with Gasteiger partial charge in [0.2, 0.25) is 5.78 Å². The molecule has 0 unspecified atom stereocenters. The van der Waals surface area contributed by atoms with E-state index < -0.39 is 0 Å². The maximum Gasteiger partial charge on any atom is 0.234 e. The van der Waals surface area contributed by atoms with Crippen LogP contribution in [0, 0.1) is 6.92 Å². The van der Waals surface area contributed by atoms with Crippen LogP contribution in [0.2, 0.25) is 0 Å². The van der Waals surface area contributed by atoms with Gasteiger partial charge >= 0.3 is 0 Å².